The molecule has 158 valence electrons. The van der Waals surface area contributed by atoms with Gasteiger partial charge in [-0.1, -0.05) is 12.1 Å². The predicted molar refractivity (Wildman–Crippen MR) is 107 cm³/mol. The van der Waals surface area contributed by atoms with Crippen molar-refractivity contribution in [2.45, 2.75) is 31.3 Å². The van der Waals surface area contributed by atoms with Crippen LogP contribution in [0.4, 0.5) is 20.3 Å². The fourth-order valence-corrected chi connectivity index (χ4v) is 4.39. The maximum absolute atomic E-state index is 13.8. The molecule has 1 fully saturated rings. The Balaban J connectivity index is 1.61. The summed E-state index contributed by atoms with van der Waals surface area (Å²) in [4.78, 5) is 19.4. The van der Waals surface area contributed by atoms with Crippen molar-refractivity contribution in [1.29, 1.82) is 0 Å². The number of amides is 1. The van der Waals surface area contributed by atoms with Crippen molar-refractivity contribution in [3.05, 3.63) is 30.1 Å². The summed E-state index contributed by atoms with van der Waals surface area (Å²) >= 11 is 1.03. The number of hydrogen-bond acceptors (Lipinski definition) is 8. The van der Waals surface area contributed by atoms with Gasteiger partial charge in [-0.15, -0.1) is 0 Å². The van der Waals surface area contributed by atoms with E-state index < -0.39 is 26.3 Å². The third-order valence-electron chi connectivity index (χ3n) is 3.97. The number of carbonyl (C=O) groups excluding carboxylic acids is 1. The second-order valence-corrected chi connectivity index (χ2v) is 9.77. The third kappa shape index (κ3) is 5.32. The quantitative estimate of drug-likeness (QED) is 0.774. The van der Waals surface area contributed by atoms with Gasteiger partial charge in [0.1, 0.15) is 16.3 Å². The highest BCUT2D eigenvalue weighted by molar-refractivity contribution is 7.92. The average Bonchev–Trinajstić information content (AvgIpc) is 3.08. The summed E-state index contributed by atoms with van der Waals surface area (Å²) in [5.41, 5.74) is -0.558. The Bertz CT molecular complexity index is 982. The van der Waals surface area contributed by atoms with Crippen molar-refractivity contribution in [2.24, 2.45) is 0 Å². The first-order chi connectivity index (χ1) is 13.5. The number of carbonyl (C=O) groups is 1. The van der Waals surface area contributed by atoms with E-state index in [-0.39, 0.29) is 12.0 Å². The molecular formula is C17H22FN5O4S2. The minimum atomic E-state index is -4.13. The monoisotopic (exact) mass is 443 g/mol. The lowest BCUT2D eigenvalue weighted by molar-refractivity contribution is 0.0240. The van der Waals surface area contributed by atoms with Crippen LogP contribution < -0.4 is 9.62 Å². The van der Waals surface area contributed by atoms with E-state index in [1.54, 1.807) is 4.90 Å². The van der Waals surface area contributed by atoms with E-state index in [1.807, 2.05) is 25.7 Å². The van der Waals surface area contributed by atoms with Gasteiger partial charge < -0.3 is 14.5 Å². The Morgan fingerprint density at radius 1 is 1.21 bits per heavy atom. The zero-order valence-electron chi connectivity index (χ0n) is 16.3. The van der Waals surface area contributed by atoms with E-state index >= 15 is 0 Å². The summed E-state index contributed by atoms with van der Waals surface area (Å²) in [6.45, 7) is 7.35. The highest BCUT2D eigenvalue weighted by atomic mass is 32.2. The molecule has 1 saturated heterocycles. The molecule has 0 saturated carbocycles. The highest BCUT2D eigenvalue weighted by Gasteiger charge is 2.27. The molecule has 0 atom stereocenters. The minimum absolute atomic E-state index is 0.122. The van der Waals surface area contributed by atoms with Crippen molar-refractivity contribution in [3.8, 4) is 0 Å². The Kier molecular flexibility index (Phi) is 5.94. The molecule has 1 aromatic carbocycles. The Morgan fingerprint density at radius 3 is 2.48 bits per heavy atom. The number of piperazine rings is 1. The molecule has 1 aliphatic rings. The van der Waals surface area contributed by atoms with E-state index in [2.05, 4.69) is 14.1 Å². The van der Waals surface area contributed by atoms with E-state index in [4.69, 9.17) is 4.74 Å². The summed E-state index contributed by atoms with van der Waals surface area (Å²) in [6.07, 6.45) is -0.368. The van der Waals surface area contributed by atoms with Gasteiger partial charge in [0, 0.05) is 37.7 Å². The van der Waals surface area contributed by atoms with Gasteiger partial charge in [-0.2, -0.15) is 9.36 Å². The first kappa shape index (κ1) is 21.2. The highest BCUT2D eigenvalue weighted by Crippen LogP contribution is 2.24. The molecule has 9 nitrogen and oxygen atoms in total. The fourth-order valence-electron chi connectivity index (χ4n) is 2.63. The van der Waals surface area contributed by atoms with Crippen LogP contribution in [0.1, 0.15) is 20.8 Å². The van der Waals surface area contributed by atoms with Crippen molar-refractivity contribution < 1.29 is 22.3 Å². The van der Waals surface area contributed by atoms with Gasteiger partial charge in [0.05, 0.1) is 0 Å². The second kappa shape index (κ2) is 8.11. The molecule has 1 aliphatic heterocycles. The number of aromatic nitrogens is 2. The van der Waals surface area contributed by atoms with Gasteiger partial charge in [0.2, 0.25) is 5.13 Å². The summed E-state index contributed by atoms with van der Waals surface area (Å²) in [7, 11) is -4.13. The molecule has 0 radical (unpaired) electrons. The normalized spacial score (nSPS) is 15.3. The molecule has 1 amide bonds. The molecule has 1 aromatic heterocycles. The molecule has 2 heterocycles. The van der Waals surface area contributed by atoms with Crippen LogP contribution in [0.2, 0.25) is 0 Å². The Hall–Kier alpha value is -2.47. The molecular weight excluding hydrogens is 421 g/mol. The van der Waals surface area contributed by atoms with Gasteiger partial charge in [-0.05, 0) is 32.9 Å². The fraction of sp³-hybridized carbons (Fsp3) is 0.471. The number of hydrogen-bond donors (Lipinski definition) is 1. The van der Waals surface area contributed by atoms with E-state index in [1.165, 1.54) is 18.2 Å². The molecule has 1 N–H and O–H groups in total. The largest absolute Gasteiger partial charge is 0.444 e. The molecule has 0 aliphatic carbocycles. The minimum Gasteiger partial charge on any atom is -0.444 e. The summed E-state index contributed by atoms with van der Waals surface area (Å²) in [6, 6.07) is 5.08. The van der Waals surface area contributed by atoms with Gasteiger partial charge in [0.15, 0.2) is 0 Å². The first-order valence-electron chi connectivity index (χ1n) is 8.89. The molecule has 2 aromatic rings. The zero-order chi connectivity index (χ0) is 21.2. The smallest absolute Gasteiger partial charge is 0.410 e. The summed E-state index contributed by atoms with van der Waals surface area (Å²) in [5, 5.41) is 0.514. The van der Waals surface area contributed by atoms with Gasteiger partial charge in [0.25, 0.3) is 16.0 Å². The number of ether oxygens (including phenoxy) is 1. The summed E-state index contributed by atoms with van der Waals surface area (Å²) in [5.74, 6) is -0.975. The van der Waals surface area contributed by atoms with Crippen LogP contribution in [0.5, 0.6) is 0 Å². The SMILES string of the molecule is CC(C)(C)OC(=O)N1CCN(c2nc(NS(=O)(=O)c3ccccc3F)ns2)CC1. The van der Waals surface area contributed by atoms with E-state index in [9.17, 15) is 17.6 Å². The Morgan fingerprint density at radius 2 is 1.86 bits per heavy atom. The number of benzene rings is 1. The van der Waals surface area contributed by atoms with Crippen LogP contribution in [0.3, 0.4) is 0 Å². The average molecular weight is 444 g/mol. The number of anilines is 2. The third-order valence-corrected chi connectivity index (χ3v) is 6.11. The van der Waals surface area contributed by atoms with E-state index in [0.29, 0.717) is 31.3 Å². The molecule has 12 heteroatoms. The van der Waals surface area contributed by atoms with Crippen LogP contribution in [0.15, 0.2) is 29.2 Å². The standard InChI is InChI=1S/C17H22FN5O4S2/c1-17(2,3)27-16(24)23-10-8-22(9-11-23)15-19-14(20-28-15)21-29(25,26)13-7-5-4-6-12(13)18/h4-7H,8-11H2,1-3H3,(H,20,21). The lowest BCUT2D eigenvalue weighted by Crippen LogP contribution is -2.50. The number of halogens is 1. The molecule has 0 spiro atoms. The topological polar surface area (TPSA) is 105 Å². The van der Waals surface area contributed by atoms with Crippen molar-refractivity contribution in [2.75, 3.05) is 35.8 Å². The lowest BCUT2D eigenvalue weighted by Gasteiger charge is -2.35. The number of nitrogens with zero attached hydrogens (tertiary/aromatic N) is 4. The molecule has 0 bridgehead atoms. The zero-order valence-corrected chi connectivity index (χ0v) is 17.9. The second-order valence-electron chi connectivity index (χ2n) is 7.39. The first-order valence-corrected chi connectivity index (χ1v) is 11.1. The van der Waals surface area contributed by atoms with Crippen LogP contribution in [0, 0.1) is 5.82 Å². The maximum atomic E-state index is 13.8. The van der Waals surface area contributed by atoms with Crippen LogP contribution in [-0.2, 0) is 14.8 Å². The van der Waals surface area contributed by atoms with Crippen LogP contribution in [-0.4, -0.2) is 60.5 Å². The maximum Gasteiger partial charge on any atom is 0.410 e. The predicted octanol–water partition coefficient (Wildman–Crippen LogP) is 2.54. The summed E-state index contributed by atoms with van der Waals surface area (Å²) < 4.78 is 50.0. The Labute approximate surface area is 172 Å². The van der Waals surface area contributed by atoms with E-state index in [0.717, 1.165) is 17.6 Å². The molecule has 0 unspecified atom stereocenters. The van der Waals surface area contributed by atoms with Crippen molar-refractivity contribution in [3.63, 3.8) is 0 Å². The van der Waals surface area contributed by atoms with Gasteiger partial charge in [-0.3, -0.25) is 0 Å². The van der Waals surface area contributed by atoms with Crippen molar-refractivity contribution >= 4 is 38.7 Å². The lowest BCUT2D eigenvalue weighted by atomic mass is 10.2. The van der Waals surface area contributed by atoms with Crippen molar-refractivity contribution in [1.82, 2.24) is 14.3 Å². The number of rotatable bonds is 4. The van der Waals surface area contributed by atoms with Crippen LogP contribution >= 0.6 is 11.5 Å². The molecule has 3 rings (SSSR count). The van der Waals surface area contributed by atoms with Gasteiger partial charge in [-0.25, -0.2) is 22.3 Å². The van der Waals surface area contributed by atoms with Crippen LogP contribution in [0.25, 0.3) is 0 Å². The number of nitrogens with one attached hydrogen (secondary N) is 1. The number of sulfonamides is 1. The molecule has 29 heavy (non-hydrogen) atoms. The van der Waals surface area contributed by atoms with Gasteiger partial charge >= 0.3 is 6.09 Å².